The minimum atomic E-state index is -0.462. The lowest BCUT2D eigenvalue weighted by Gasteiger charge is -2.36. The zero-order valence-corrected chi connectivity index (χ0v) is 17.3. The van der Waals surface area contributed by atoms with Crippen molar-refractivity contribution in [3.63, 3.8) is 0 Å². The molecule has 3 rings (SSSR count). The zero-order valence-electron chi connectivity index (χ0n) is 17.3. The predicted molar refractivity (Wildman–Crippen MR) is 106 cm³/mol. The van der Waals surface area contributed by atoms with Crippen molar-refractivity contribution in [2.24, 2.45) is 17.8 Å². The molecule has 4 unspecified atom stereocenters. The molecule has 0 radical (unpaired) electrons. The maximum absolute atomic E-state index is 10.3. The second-order valence-electron chi connectivity index (χ2n) is 6.40. The number of fused-ring (bicyclic) bond motifs is 1. The highest BCUT2D eigenvalue weighted by atomic mass is 16.5. The van der Waals surface area contributed by atoms with Crippen LogP contribution >= 0.6 is 0 Å². The molecule has 0 spiro atoms. The first kappa shape index (κ1) is 23.9. The van der Waals surface area contributed by atoms with Crippen LogP contribution in [0.25, 0.3) is 0 Å². The Bertz CT molecular complexity index is 411. The van der Waals surface area contributed by atoms with Crippen LogP contribution in [-0.4, -0.2) is 23.8 Å². The molecule has 1 N–H and O–H groups in total. The molecule has 0 aromatic carbocycles. The van der Waals surface area contributed by atoms with Crippen LogP contribution in [0.15, 0.2) is 23.8 Å². The summed E-state index contributed by atoms with van der Waals surface area (Å²) in [5.74, 6) is 2.31. The molecule has 1 heterocycles. The molecule has 2 aliphatic carbocycles. The fourth-order valence-corrected chi connectivity index (χ4v) is 3.67. The number of carbonyl (C=O) groups is 1. The number of carbonyl (C=O) groups excluding carboxylic acids is 1. The van der Waals surface area contributed by atoms with Gasteiger partial charge in [-0.2, -0.15) is 0 Å². The second kappa shape index (κ2) is 14.1. The van der Waals surface area contributed by atoms with Crippen molar-refractivity contribution in [1.82, 2.24) is 0 Å². The van der Waals surface area contributed by atoms with E-state index in [9.17, 15) is 4.79 Å². The average molecular weight is 353 g/mol. The molecule has 0 saturated carbocycles. The van der Waals surface area contributed by atoms with Gasteiger partial charge in [-0.1, -0.05) is 66.2 Å². The third-order valence-corrected chi connectivity index (χ3v) is 4.90. The van der Waals surface area contributed by atoms with Gasteiger partial charge in [0.1, 0.15) is 0 Å². The van der Waals surface area contributed by atoms with Crippen LogP contribution in [0.4, 0.5) is 0 Å². The number of cyclic esters (lactones) is 1. The topological polar surface area (TPSA) is 46.5 Å². The molecular formula is C22H40O3. The minimum Gasteiger partial charge on any atom is -0.465 e. The van der Waals surface area contributed by atoms with E-state index < -0.39 is 6.10 Å². The first-order chi connectivity index (χ1) is 12.1. The van der Waals surface area contributed by atoms with Crippen molar-refractivity contribution in [2.75, 3.05) is 6.61 Å². The number of aliphatic hydroxyl groups is 1. The third-order valence-electron chi connectivity index (χ3n) is 4.90. The van der Waals surface area contributed by atoms with Crippen molar-refractivity contribution in [3.05, 3.63) is 23.8 Å². The van der Waals surface area contributed by atoms with Crippen LogP contribution in [0.2, 0.25) is 0 Å². The van der Waals surface area contributed by atoms with Crippen molar-refractivity contribution in [2.45, 2.75) is 86.2 Å². The Kier molecular flexibility index (Phi) is 13.5. The molecule has 3 heteroatoms. The highest BCUT2D eigenvalue weighted by Gasteiger charge is 2.30. The van der Waals surface area contributed by atoms with Crippen LogP contribution in [0.5, 0.6) is 0 Å². The summed E-state index contributed by atoms with van der Waals surface area (Å²) in [6.45, 7) is 13.1. The Hall–Kier alpha value is -1.09. The number of hydrogen-bond donors (Lipinski definition) is 1. The third kappa shape index (κ3) is 8.22. The van der Waals surface area contributed by atoms with E-state index in [-0.39, 0.29) is 12.4 Å². The van der Waals surface area contributed by atoms with Gasteiger partial charge in [0.05, 0.1) is 19.1 Å². The monoisotopic (exact) mass is 352 g/mol. The summed E-state index contributed by atoms with van der Waals surface area (Å²) in [4.78, 5) is 10.3. The van der Waals surface area contributed by atoms with E-state index in [0.29, 0.717) is 13.0 Å². The van der Waals surface area contributed by atoms with Gasteiger partial charge in [-0.3, -0.25) is 4.79 Å². The Morgan fingerprint density at radius 1 is 1.20 bits per heavy atom. The van der Waals surface area contributed by atoms with Gasteiger partial charge in [-0.15, -0.1) is 0 Å². The highest BCUT2D eigenvalue weighted by Crippen LogP contribution is 2.41. The second-order valence-corrected chi connectivity index (χ2v) is 6.40. The number of rotatable bonds is 1. The Morgan fingerprint density at radius 3 is 2.40 bits per heavy atom. The lowest BCUT2D eigenvalue weighted by molar-refractivity contribution is -0.151. The predicted octanol–water partition coefficient (Wildman–Crippen LogP) is 5.68. The molecule has 1 fully saturated rings. The summed E-state index contributed by atoms with van der Waals surface area (Å²) in [6.07, 6.45) is 13.0. The van der Waals surface area contributed by atoms with Crippen molar-refractivity contribution >= 4 is 5.97 Å². The first-order valence-electron chi connectivity index (χ1n) is 10.3. The molecule has 0 aromatic heterocycles. The molecule has 146 valence electrons. The smallest absolute Gasteiger partial charge is 0.308 e. The van der Waals surface area contributed by atoms with Gasteiger partial charge in [-0.05, 0) is 42.6 Å². The fraction of sp³-hybridized carbons (Fsp3) is 0.773. The maximum Gasteiger partial charge on any atom is 0.308 e. The van der Waals surface area contributed by atoms with E-state index >= 15 is 0 Å². The molecule has 4 atom stereocenters. The zero-order chi connectivity index (χ0) is 19.2. The van der Waals surface area contributed by atoms with E-state index in [0.717, 1.165) is 17.8 Å². The fourth-order valence-electron chi connectivity index (χ4n) is 3.67. The molecule has 1 saturated heterocycles. The normalized spacial score (nSPS) is 29.9. The Balaban J connectivity index is 0.000000414. The van der Waals surface area contributed by atoms with Gasteiger partial charge in [0.25, 0.3) is 0 Å². The summed E-state index contributed by atoms with van der Waals surface area (Å²) in [5, 5.41) is 8.78. The maximum atomic E-state index is 10.3. The van der Waals surface area contributed by atoms with Gasteiger partial charge in [0, 0.05) is 6.42 Å². The molecular weight excluding hydrogens is 312 g/mol. The van der Waals surface area contributed by atoms with Gasteiger partial charge >= 0.3 is 5.97 Å². The summed E-state index contributed by atoms with van der Waals surface area (Å²) < 4.78 is 4.55. The molecule has 0 amide bonds. The minimum absolute atomic E-state index is 0.167. The first-order valence-corrected chi connectivity index (χ1v) is 10.3. The van der Waals surface area contributed by atoms with Crippen molar-refractivity contribution in [3.8, 4) is 0 Å². The Morgan fingerprint density at radius 2 is 1.88 bits per heavy atom. The number of hydrogen-bond acceptors (Lipinski definition) is 3. The van der Waals surface area contributed by atoms with Gasteiger partial charge in [-0.25, -0.2) is 0 Å². The number of aliphatic hydroxyl groups excluding tert-OH is 1. The highest BCUT2D eigenvalue weighted by molar-refractivity contribution is 5.70. The van der Waals surface area contributed by atoms with E-state index in [4.69, 9.17) is 5.11 Å². The summed E-state index contributed by atoms with van der Waals surface area (Å²) in [5.41, 5.74) is 1.64. The quantitative estimate of drug-likeness (QED) is 0.617. The lowest BCUT2D eigenvalue weighted by atomic mass is 9.69. The molecule has 1 aliphatic heterocycles. The van der Waals surface area contributed by atoms with Gasteiger partial charge in [0.15, 0.2) is 0 Å². The van der Waals surface area contributed by atoms with Gasteiger partial charge in [0.2, 0.25) is 0 Å². The van der Waals surface area contributed by atoms with E-state index in [1.165, 1.54) is 25.7 Å². The Labute approximate surface area is 155 Å². The van der Waals surface area contributed by atoms with Crippen LogP contribution < -0.4 is 0 Å². The van der Waals surface area contributed by atoms with Crippen LogP contribution in [0.1, 0.15) is 80.1 Å². The van der Waals surface area contributed by atoms with Crippen molar-refractivity contribution < 1.29 is 14.6 Å². The van der Waals surface area contributed by atoms with E-state index in [1.807, 2.05) is 27.7 Å². The molecule has 25 heavy (non-hydrogen) atoms. The molecule has 3 nitrogen and oxygen atoms in total. The summed E-state index contributed by atoms with van der Waals surface area (Å²) in [6, 6.07) is 0. The average Bonchev–Trinajstić information content (AvgIpc) is 2.65. The molecule has 0 bridgehead atoms. The van der Waals surface area contributed by atoms with Gasteiger partial charge < -0.3 is 9.84 Å². The van der Waals surface area contributed by atoms with Crippen molar-refractivity contribution in [1.29, 1.82) is 0 Å². The van der Waals surface area contributed by atoms with Crippen LogP contribution in [0, 0.1) is 17.8 Å². The van der Waals surface area contributed by atoms with Crippen LogP contribution in [-0.2, 0) is 9.53 Å². The van der Waals surface area contributed by atoms with E-state index in [2.05, 4.69) is 36.8 Å². The lowest BCUT2D eigenvalue weighted by Crippen LogP contribution is -2.26. The number of ether oxygens (including phenoxy) is 1. The molecule has 3 aliphatic rings. The largest absolute Gasteiger partial charge is 0.465 e. The standard InChI is InChI=1S/C13H20.C5H8O3.2C2H6/c1-3-12-10(2)8-9-11-6-4-5-7-13(11)12;6-4-1-2-8-5(7)3-4;2*1-2/h6,8-10,12-13H,3-5,7H2,1-2H3;4,6H,1-3H2;2*1-2H3. The number of esters is 1. The van der Waals surface area contributed by atoms with Crippen LogP contribution in [0.3, 0.4) is 0 Å². The number of allylic oxidation sites excluding steroid dienone is 4. The van der Waals surface area contributed by atoms with E-state index in [1.54, 1.807) is 5.57 Å². The SMILES string of the molecule is CC.CC.CCC1C(C)C=CC2=CCCCC21.O=C1CC(O)CCO1. The molecule has 0 aromatic rings. The summed E-state index contributed by atoms with van der Waals surface area (Å²) in [7, 11) is 0. The summed E-state index contributed by atoms with van der Waals surface area (Å²) >= 11 is 0.